The van der Waals surface area contributed by atoms with Crippen LogP contribution in [0.15, 0.2) is 35.7 Å². The van der Waals surface area contributed by atoms with E-state index in [1.165, 1.54) is 28.9 Å². The molecular weight excluding hydrogens is 458 g/mol. The molecule has 2 N–H and O–H groups in total. The molecule has 33 heavy (non-hydrogen) atoms. The van der Waals surface area contributed by atoms with Crippen molar-refractivity contribution < 1.29 is 19.1 Å². The second-order valence-corrected chi connectivity index (χ2v) is 10.4. The van der Waals surface area contributed by atoms with Gasteiger partial charge in [-0.25, -0.2) is 4.79 Å². The van der Waals surface area contributed by atoms with Crippen LogP contribution in [0.1, 0.15) is 56.0 Å². The van der Waals surface area contributed by atoms with Gasteiger partial charge in [0.2, 0.25) is 0 Å². The number of ether oxygens (including phenoxy) is 2. The number of nitrogens with zero attached hydrogens (tertiary/aromatic N) is 1. The van der Waals surface area contributed by atoms with Crippen molar-refractivity contribution >= 4 is 39.6 Å². The molecule has 1 atom stereocenters. The molecule has 172 valence electrons. The Labute approximate surface area is 200 Å². The van der Waals surface area contributed by atoms with Gasteiger partial charge in [0, 0.05) is 24.0 Å². The molecule has 0 bridgehead atoms. The van der Waals surface area contributed by atoms with Gasteiger partial charge in [0.15, 0.2) is 11.5 Å². The Kier molecular flexibility index (Phi) is 5.86. The fraction of sp³-hybridized carbons (Fsp3) is 0.333. The molecule has 9 heteroatoms. The van der Waals surface area contributed by atoms with Crippen LogP contribution in [-0.4, -0.2) is 36.5 Å². The van der Waals surface area contributed by atoms with Gasteiger partial charge < -0.3 is 20.1 Å². The van der Waals surface area contributed by atoms with Crippen LogP contribution in [0.25, 0.3) is 0 Å². The largest absolute Gasteiger partial charge is 0.493 e. The van der Waals surface area contributed by atoms with Crippen LogP contribution in [0.5, 0.6) is 11.5 Å². The lowest BCUT2D eigenvalue weighted by atomic mass is 9.99. The number of esters is 1. The summed E-state index contributed by atoms with van der Waals surface area (Å²) in [7, 11) is 1.53. The molecule has 0 fully saturated rings. The van der Waals surface area contributed by atoms with Crippen molar-refractivity contribution in [1.82, 2.24) is 10.2 Å². The van der Waals surface area contributed by atoms with E-state index in [2.05, 4.69) is 29.4 Å². The summed E-state index contributed by atoms with van der Waals surface area (Å²) in [5, 5.41) is 9.29. The highest BCUT2D eigenvalue weighted by atomic mass is 32.1. The highest BCUT2D eigenvalue weighted by Crippen LogP contribution is 2.42. The van der Waals surface area contributed by atoms with Crippen LogP contribution in [0.2, 0.25) is 0 Å². The Bertz CT molecular complexity index is 1200. The van der Waals surface area contributed by atoms with Crippen molar-refractivity contribution in [2.45, 2.75) is 39.0 Å². The maximum absolute atomic E-state index is 13.1. The molecule has 3 aromatic rings. The lowest BCUT2D eigenvalue weighted by Crippen LogP contribution is -2.39. The van der Waals surface area contributed by atoms with E-state index in [1.54, 1.807) is 35.6 Å². The lowest BCUT2D eigenvalue weighted by molar-refractivity contribution is 0.0734. The third-order valence-corrected chi connectivity index (χ3v) is 8.04. The fourth-order valence-corrected chi connectivity index (χ4v) is 6.13. The third kappa shape index (κ3) is 4.12. The minimum Gasteiger partial charge on any atom is -0.493 e. The van der Waals surface area contributed by atoms with Gasteiger partial charge in [-0.15, -0.1) is 22.7 Å². The third-order valence-electron chi connectivity index (χ3n) is 6.04. The number of fused-ring (bicyclic) bond motifs is 3. The quantitative estimate of drug-likeness (QED) is 0.406. The average molecular weight is 484 g/mol. The van der Waals surface area contributed by atoms with E-state index in [0.29, 0.717) is 22.4 Å². The van der Waals surface area contributed by atoms with E-state index >= 15 is 0 Å². The molecule has 1 amide bonds. The maximum atomic E-state index is 13.1. The van der Waals surface area contributed by atoms with E-state index in [0.717, 1.165) is 35.6 Å². The Balaban J connectivity index is 1.38. The van der Waals surface area contributed by atoms with Gasteiger partial charge in [0.1, 0.15) is 16.0 Å². The first-order chi connectivity index (χ1) is 15.9. The topological polar surface area (TPSA) is 79.9 Å². The number of methoxy groups -OCH3 is 1. The SMILES string of the molecule is COc1cc([C@H]2NC(=O)c3c(sc4c3CCN(C(C)C)C4)N2)ccc1OC(=O)c1cccs1. The summed E-state index contributed by atoms with van der Waals surface area (Å²) in [6.07, 6.45) is 0.485. The van der Waals surface area contributed by atoms with E-state index in [1.807, 2.05) is 11.4 Å². The molecule has 0 unspecified atom stereocenters. The van der Waals surface area contributed by atoms with Crippen LogP contribution in [0.3, 0.4) is 0 Å². The van der Waals surface area contributed by atoms with E-state index < -0.39 is 12.1 Å². The molecule has 0 saturated heterocycles. The minimum atomic E-state index is -0.426. The lowest BCUT2D eigenvalue weighted by Gasteiger charge is -2.31. The monoisotopic (exact) mass is 483 g/mol. The second-order valence-electron chi connectivity index (χ2n) is 8.35. The summed E-state index contributed by atoms with van der Waals surface area (Å²) in [4.78, 5) is 29.6. The summed E-state index contributed by atoms with van der Waals surface area (Å²) in [5.74, 6) is 0.279. The van der Waals surface area contributed by atoms with Gasteiger partial charge in [-0.2, -0.15) is 0 Å². The summed E-state index contributed by atoms with van der Waals surface area (Å²) in [6, 6.07) is 9.31. The Morgan fingerprint density at radius 1 is 1.21 bits per heavy atom. The van der Waals surface area contributed by atoms with E-state index in [-0.39, 0.29) is 5.91 Å². The number of hydrogen-bond acceptors (Lipinski definition) is 8. The molecule has 1 aromatic carbocycles. The number of nitrogens with one attached hydrogen (secondary N) is 2. The van der Waals surface area contributed by atoms with Gasteiger partial charge >= 0.3 is 5.97 Å². The number of hydrogen-bond donors (Lipinski definition) is 2. The normalized spacial score (nSPS) is 17.7. The number of thiophene rings is 2. The number of carbonyl (C=O) groups is 2. The summed E-state index contributed by atoms with van der Waals surface area (Å²) >= 11 is 2.99. The number of carbonyl (C=O) groups excluding carboxylic acids is 2. The molecular formula is C24H25N3O4S2. The average Bonchev–Trinajstić information content (AvgIpc) is 3.46. The molecule has 2 aliphatic heterocycles. The zero-order valence-electron chi connectivity index (χ0n) is 18.6. The zero-order valence-corrected chi connectivity index (χ0v) is 20.3. The standard InChI is InChI=1S/C24H25N3O4S2/c1-13(2)27-9-8-15-19(12-27)33-23-20(15)22(28)25-21(26-23)14-6-7-16(17(11-14)30-3)31-24(29)18-5-4-10-32-18/h4-7,10-11,13,21,26H,8-9,12H2,1-3H3,(H,25,28)/t21-/m0/s1. The first-order valence-electron chi connectivity index (χ1n) is 10.8. The molecule has 0 saturated carbocycles. The smallest absolute Gasteiger partial charge is 0.353 e. The number of benzene rings is 1. The molecule has 0 spiro atoms. The van der Waals surface area contributed by atoms with Gasteiger partial charge in [0.05, 0.1) is 12.7 Å². The van der Waals surface area contributed by atoms with Crippen molar-refractivity contribution in [3.05, 3.63) is 62.2 Å². The Morgan fingerprint density at radius 2 is 2.06 bits per heavy atom. The number of anilines is 1. The van der Waals surface area contributed by atoms with Crippen molar-refractivity contribution in [1.29, 1.82) is 0 Å². The molecule has 0 radical (unpaired) electrons. The van der Waals surface area contributed by atoms with Gasteiger partial charge in [-0.1, -0.05) is 12.1 Å². The number of amides is 1. The molecule has 7 nitrogen and oxygen atoms in total. The predicted octanol–water partition coefficient (Wildman–Crippen LogP) is 4.66. The van der Waals surface area contributed by atoms with Crippen molar-refractivity contribution in [2.24, 2.45) is 0 Å². The Hall–Kier alpha value is -2.88. The minimum absolute atomic E-state index is 0.0589. The van der Waals surface area contributed by atoms with Crippen molar-refractivity contribution in [3.8, 4) is 11.5 Å². The van der Waals surface area contributed by atoms with Crippen LogP contribution < -0.4 is 20.1 Å². The highest BCUT2D eigenvalue weighted by molar-refractivity contribution is 7.16. The van der Waals surface area contributed by atoms with Gasteiger partial charge in [0.25, 0.3) is 5.91 Å². The summed E-state index contributed by atoms with van der Waals surface area (Å²) in [5.41, 5.74) is 2.77. The molecule has 5 rings (SSSR count). The van der Waals surface area contributed by atoms with Crippen LogP contribution in [-0.2, 0) is 13.0 Å². The van der Waals surface area contributed by atoms with Crippen molar-refractivity contribution in [3.63, 3.8) is 0 Å². The molecule has 4 heterocycles. The summed E-state index contributed by atoms with van der Waals surface area (Å²) in [6.45, 7) is 6.25. The van der Waals surface area contributed by atoms with E-state index in [4.69, 9.17) is 9.47 Å². The number of rotatable bonds is 5. The van der Waals surface area contributed by atoms with Crippen LogP contribution >= 0.6 is 22.7 Å². The van der Waals surface area contributed by atoms with Gasteiger partial charge in [-0.05, 0) is 55.0 Å². The first kappa shape index (κ1) is 21.9. The molecule has 2 aliphatic rings. The van der Waals surface area contributed by atoms with E-state index in [9.17, 15) is 9.59 Å². The molecule has 2 aromatic heterocycles. The Morgan fingerprint density at radius 3 is 2.79 bits per heavy atom. The fourth-order valence-electron chi connectivity index (χ4n) is 4.24. The molecule has 0 aliphatic carbocycles. The maximum Gasteiger partial charge on any atom is 0.353 e. The van der Waals surface area contributed by atoms with Crippen LogP contribution in [0, 0.1) is 0 Å². The van der Waals surface area contributed by atoms with Crippen LogP contribution in [0.4, 0.5) is 5.00 Å². The predicted molar refractivity (Wildman–Crippen MR) is 130 cm³/mol. The van der Waals surface area contributed by atoms with Gasteiger partial charge in [-0.3, -0.25) is 9.69 Å². The zero-order chi connectivity index (χ0) is 23.1. The first-order valence-corrected chi connectivity index (χ1v) is 12.5. The second kappa shape index (κ2) is 8.81. The van der Waals surface area contributed by atoms with Crippen molar-refractivity contribution in [2.75, 3.05) is 19.0 Å². The highest BCUT2D eigenvalue weighted by Gasteiger charge is 2.34. The summed E-state index contributed by atoms with van der Waals surface area (Å²) < 4.78 is 11.0.